The molecular weight excluding hydrogens is 439 g/mol. The van der Waals surface area contributed by atoms with Gasteiger partial charge in [0.25, 0.3) is 5.88 Å². The first kappa shape index (κ1) is 21.6. The fraction of sp³-hybridized carbons (Fsp3) is 0.235. The lowest BCUT2D eigenvalue weighted by Gasteiger charge is -2.22. The third-order valence-corrected chi connectivity index (χ3v) is 4.46. The lowest BCUT2D eigenvalue weighted by molar-refractivity contribution is -0.122. The van der Waals surface area contributed by atoms with Gasteiger partial charge in [-0.15, -0.1) is 0 Å². The molecule has 1 aromatic heterocycles. The van der Waals surface area contributed by atoms with E-state index < -0.39 is 59.0 Å². The lowest BCUT2D eigenvalue weighted by Crippen LogP contribution is -2.44. The summed E-state index contributed by atoms with van der Waals surface area (Å²) in [7, 11) is 0. The third kappa shape index (κ3) is 4.53. The number of benzene rings is 1. The fourth-order valence-corrected chi connectivity index (χ4v) is 2.90. The number of aromatic nitrogens is 1. The van der Waals surface area contributed by atoms with Gasteiger partial charge in [-0.2, -0.15) is 8.78 Å². The van der Waals surface area contributed by atoms with Gasteiger partial charge in [-0.05, 0) is 12.1 Å². The van der Waals surface area contributed by atoms with Crippen LogP contribution >= 0.6 is 11.6 Å². The van der Waals surface area contributed by atoms with Gasteiger partial charge in [-0.25, -0.2) is 22.9 Å². The molecule has 1 aliphatic heterocycles. The van der Waals surface area contributed by atoms with Crippen LogP contribution in [0.3, 0.4) is 0 Å². The summed E-state index contributed by atoms with van der Waals surface area (Å²) in [6, 6.07) is -0.596. The molecule has 1 aliphatic rings. The first-order chi connectivity index (χ1) is 14.2. The van der Waals surface area contributed by atoms with Crippen LogP contribution in [0, 0.1) is 17.5 Å². The maximum absolute atomic E-state index is 14.6. The van der Waals surface area contributed by atoms with Crippen LogP contribution in [0.1, 0.15) is 17.2 Å². The largest absolute Gasteiger partial charge is 0.414 e. The minimum absolute atomic E-state index is 0.0716. The van der Waals surface area contributed by atoms with E-state index in [1.165, 1.54) is 0 Å². The van der Waals surface area contributed by atoms with Crippen molar-refractivity contribution in [3.63, 3.8) is 0 Å². The Balaban J connectivity index is 1.99. The summed E-state index contributed by atoms with van der Waals surface area (Å²) >= 11 is 5.59. The second kappa shape index (κ2) is 8.69. The van der Waals surface area contributed by atoms with Crippen molar-refractivity contribution in [3.8, 4) is 5.88 Å². The van der Waals surface area contributed by atoms with Crippen molar-refractivity contribution in [3.05, 3.63) is 58.0 Å². The molecule has 0 saturated carbocycles. The molecule has 3 N–H and O–H groups in total. The van der Waals surface area contributed by atoms with Gasteiger partial charge in [0.15, 0.2) is 5.82 Å². The van der Waals surface area contributed by atoms with Gasteiger partial charge in [0, 0.05) is 23.9 Å². The monoisotopic (exact) mass is 450 g/mol. The molecule has 0 bridgehead atoms. The van der Waals surface area contributed by atoms with Crippen LogP contribution in [0.25, 0.3) is 0 Å². The molecule has 30 heavy (non-hydrogen) atoms. The van der Waals surface area contributed by atoms with Crippen molar-refractivity contribution in [1.82, 2.24) is 20.9 Å². The average molecular weight is 451 g/mol. The van der Waals surface area contributed by atoms with Crippen LogP contribution < -0.4 is 20.7 Å². The molecule has 160 valence electrons. The zero-order chi connectivity index (χ0) is 22.0. The Kier molecular flexibility index (Phi) is 6.25. The maximum atomic E-state index is 14.6. The zero-order valence-corrected chi connectivity index (χ0v) is 15.4. The number of urea groups is 1. The number of ether oxygens (including phenoxy) is 1. The van der Waals surface area contributed by atoms with E-state index in [4.69, 9.17) is 11.6 Å². The standard InChI is InChI=1S/C17H12ClF5N4O3/c18-11-8(19)2-1-7(12(11)21)13(27-14(28)10-5-25-17(29)26-10)6-3-9(20)15(24-4-6)30-16(22)23/h1-4,10,13,16H,5H2,(H,27,28)(H2,25,26,29)/t10?,13-/m0/s1. The van der Waals surface area contributed by atoms with Crippen molar-refractivity contribution in [1.29, 1.82) is 0 Å². The van der Waals surface area contributed by atoms with E-state index in [1.54, 1.807) is 0 Å². The summed E-state index contributed by atoms with van der Waals surface area (Å²) in [5.41, 5.74) is -0.530. The number of hydrogen-bond acceptors (Lipinski definition) is 4. The van der Waals surface area contributed by atoms with Crippen LogP contribution in [0.4, 0.5) is 26.7 Å². The predicted molar refractivity (Wildman–Crippen MR) is 92.5 cm³/mol. The number of nitrogens with zero attached hydrogens (tertiary/aromatic N) is 1. The van der Waals surface area contributed by atoms with E-state index in [9.17, 15) is 31.5 Å². The molecule has 0 spiro atoms. The Morgan fingerprint density at radius 3 is 2.60 bits per heavy atom. The average Bonchev–Trinajstić information content (AvgIpc) is 3.12. The second-order valence-electron chi connectivity index (χ2n) is 6.05. The molecular formula is C17H12ClF5N4O3. The third-order valence-electron chi connectivity index (χ3n) is 4.11. The SMILES string of the molecule is O=C1NCC(C(=O)N[C@@H](c2cnc(OC(F)F)c(F)c2)c2ccc(F)c(Cl)c2F)N1. The first-order valence-electron chi connectivity index (χ1n) is 8.25. The summed E-state index contributed by atoms with van der Waals surface area (Å²) in [4.78, 5) is 27.1. The van der Waals surface area contributed by atoms with Crippen molar-refractivity contribution in [2.24, 2.45) is 0 Å². The summed E-state index contributed by atoms with van der Waals surface area (Å²) in [5.74, 6) is -5.41. The number of hydrogen-bond donors (Lipinski definition) is 3. The van der Waals surface area contributed by atoms with Gasteiger partial charge in [-0.3, -0.25) is 4.79 Å². The van der Waals surface area contributed by atoms with Crippen LogP contribution in [-0.2, 0) is 4.79 Å². The molecule has 3 rings (SSSR count). The van der Waals surface area contributed by atoms with Gasteiger partial charge in [0.2, 0.25) is 5.91 Å². The van der Waals surface area contributed by atoms with Gasteiger partial charge < -0.3 is 20.7 Å². The van der Waals surface area contributed by atoms with Gasteiger partial charge in [0.1, 0.15) is 22.7 Å². The number of halogens is 6. The number of carbonyl (C=O) groups is 2. The van der Waals surface area contributed by atoms with Crippen molar-refractivity contribution in [2.45, 2.75) is 18.7 Å². The number of nitrogens with one attached hydrogen (secondary N) is 3. The fourth-order valence-electron chi connectivity index (χ4n) is 2.73. The highest BCUT2D eigenvalue weighted by molar-refractivity contribution is 6.31. The van der Waals surface area contributed by atoms with Gasteiger partial charge >= 0.3 is 12.6 Å². The smallest absolute Gasteiger partial charge is 0.388 e. The number of carbonyl (C=O) groups excluding carboxylic acids is 2. The van der Waals surface area contributed by atoms with Crippen LogP contribution in [0.15, 0.2) is 24.4 Å². The van der Waals surface area contributed by atoms with Crippen LogP contribution in [-0.4, -0.2) is 36.1 Å². The van der Waals surface area contributed by atoms with E-state index in [1.807, 2.05) is 0 Å². The molecule has 1 aromatic carbocycles. The molecule has 1 unspecified atom stereocenters. The number of pyridine rings is 1. The summed E-state index contributed by atoms with van der Waals surface area (Å²) in [6.07, 6.45) is 0.869. The Hall–Kier alpha value is -3.15. The zero-order valence-electron chi connectivity index (χ0n) is 14.7. The predicted octanol–water partition coefficient (Wildman–Crippen LogP) is 2.64. The summed E-state index contributed by atoms with van der Waals surface area (Å²) in [6.45, 7) is -3.40. The topological polar surface area (TPSA) is 92.4 Å². The minimum atomic E-state index is -3.33. The normalized spacial score (nSPS) is 16.8. The van der Waals surface area contributed by atoms with E-state index >= 15 is 0 Å². The quantitative estimate of drug-likeness (QED) is 0.466. The highest BCUT2D eigenvalue weighted by Crippen LogP contribution is 2.31. The Morgan fingerprint density at radius 2 is 2.00 bits per heavy atom. The highest BCUT2D eigenvalue weighted by atomic mass is 35.5. The van der Waals surface area contributed by atoms with Crippen LogP contribution in [0.5, 0.6) is 5.88 Å². The molecule has 7 nitrogen and oxygen atoms in total. The van der Waals surface area contributed by atoms with Gasteiger partial charge in [-0.1, -0.05) is 17.7 Å². The molecule has 13 heteroatoms. The first-order valence-corrected chi connectivity index (χ1v) is 8.63. The minimum Gasteiger partial charge on any atom is -0.414 e. The second-order valence-corrected chi connectivity index (χ2v) is 6.43. The molecule has 3 amide bonds. The number of rotatable bonds is 6. The molecule has 1 saturated heterocycles. The number of amides is 3. The Labute approximate surface area is 170 Å². The van der Waals surface area contributed by atoms with E-state index in [2.05, 4.69) is 25.7 Å². The Morgan fingerprint density at radius 1 is 1.27 bits per heavy atom. The summed E-state index contributed by atoms with van der Waals surface area (Å²) in [5, 5.41) is 6.16. The molecule has 2 atom stereocenters. The maximum Gasteiger partial charge on any atom is 0.388 e. The number of alkyl halides is 2. The molecule has 1 fully saturated rings. The molecule has 2 heterocycles. The van der Waals surface area contributed by atoms with E-state index in [0.29, 0.717) is 6.07 Å². The van der Waals surface area contributed by atoms with Gasteiger partial charge in [0.05, 0.1) is 6.04 Å². The Bertz CT molecular complexity index is 994. The molecule has 0 aliphatic carbocycles. The van der Waals surface area contributed by atoms with Crippen molar-refractivity contribution >= 4 is 23.5 Å². The van der Waals surface area contributed by atoms with E-state index in [0.717, 1.165) is 18.3 Å². The highest BCUT2D eigenvalue weighted by Gasteiger charge is 2.31. The lowest BCUT2D eigenvalue weighted by atomic mass is 9.98. The van der Waals surface area contributed by atoms with Crippen molar-refractivity contribution < 1.29 is 36.3 Å². The summed E-state index contributed by atoms with van der Waals surface area (Å²) < 4.78 is 70.8. The molecule has 0 radical (unpaired) electrons. The van der Waals surface area contributed by atoms with Crippen molar-refractivity contribution in [2.75, 3.05) is 6.54 Å². The van der Waals surface area contributed by atoms with E-state index in [-0.39, 0.29) is 17.7 Å². The van der Waals surface area contributed by atoms with Crippen LogP contribution in [0.2, 0.25) is 5.02 Å². The molecule has 2 aromatic rings.